The number of aldehydes is 1. The van der Waals surface area contributed by atoms with E-state index in [0.717, 1.165) is 12.9 Å². The van der Waals surface area contributed by atoms with Crippen LogP contribution in [-0.4, -0.2) is 19.0 Å². The largest absolute Gasteiger partial charge is 0.369 e. The van der Waals surface area contributed by atoms with E-state index < -0.39 is 0 Å². The maximum Gasteiger partial charge on any atom is 0.149 e. The zero-order valence-corrected chi connectivity index (χ0v) is 5.18. The first-order valence-corrected chi connectivity index (χ1v) is 2.74. The number of hydrogen-bond donors (Lipinski definition) is 0. The Balaban J connectivity index is 2.49. The second kappa shape index (κ2) is 1.55. The van der Waals surface area contributed by atoms with E-state index in [0.29, 0.717) is 0 Å². The van der Waals surface area contributed by atoms with Gasteiger partial charge in [0.15, 0.2) is 0 Å². The highest BCUT2D eigenvalue weighted by atomic mass is 16.5. The Labute approximate surface area is 48.8 Å². The zero-order valence-electron chi connectivity index (χ0n) is 5.18. The Morgan fingerprint density at radius 2 is 2.38 bits per heavy atom. The van der Waals surface area contributed by atoms with E-state index in [1.807, 2.05) is 13.8 Å². The van der Waals surface area contributed by atoms with Crippen molar-refractivity contribution >= 4 is 6.29 Å². The molecule has 0 amide bonds. The molecule has 0 N–H and O–H groups in total. The molecule has 1 unspecified atom stereocenters. The van der Waals surface area contributed by atoms with Crippen LogP contribution in [0.25, 0.3) is 0 Å². The van der Waals surface area contributed by atoms with Gasteiger partial charge >= 0.3 is 0 Å². The molecule has 46 valence electrons. The average Bonchev–Trinajstić information content (AvgIpc) is 1.66. The molecule has 1 rings (SSSR count). The Bertz CT molecular complexity index is 107. The summed E-state index contributed by atoms with van der Waals surface area (Å²) in [5.41, 5.74) is 0.0990. The summed E-state index contributed by atoms with van der Waals surface area (Å²) in [6.07, 6.45) is 0.714. The van der Waals surface area contributed by atoms with Crippen molar-refractivity contribution in [1.82, 2.24) is 0 Å². The van der Waals surface area contributed by atoms with Crippen molar-refractivity contribution in [3.63, 3.8) is 0 Å². The lowest BCUT2D eigenvalue weighted by atomic mass is 9.83. The molecule has 0 aliphatic carbocycles. The number of hydrogen-bond acceptors (Lipinski definition) is 2. The third kappa shape index (κ3) is 0.650. The summed E-state index contributed by atoms with van der Waals surface area (Å²) in [5.74, 6) is 0. The molecule has 0 aromatic rings. The zero-order chi connectivity index (χ0) is 6.20. The topological polar surface area (TPSA) is 26.3 Å². The Morgan fingerprint density at radius 3 is 2.38 bits per heavy atom. The molecule has 0 saturated carbocycles. The van der Waals surface area contributed by atoms with E-state index in [4.69, 9.17) is 4.74 Å². The second-order valence-corrected chi connectivity index (χ2v) is 2.86. The van der Waals surface area contributed by atoms with Gasteiger partial charge in [-0.05, 0) is 0 Å². The molecule has 2 nitrogen and oxygen atoms in total. The minimum absolute atomic E-state index is 0.0990. The SMILES string of the molecule is CC1(C)COC1C=O. The standard InChI is InChI=1S/C6H10O2/c1-6(2)4-8-5(6)3-7/h3,5H,4H2,1-2H3. The fraction of sp³-hybridized carbons (Fsp3) is 0.833. The van der Waals surface area contributed by atoms with Crippen LogP contribution in [0.5, 0.6) is 0 Å². The van der Waals surface area contributed by atoms with Gasteiger partial charge in [0.1, 0.15) is 12.4 Å². The molecule has 1 aliphatic rings. The normalized spacial score (nSPS) is 33.5. The third-order valence-corrected chi connectivity index (χ3v) is 1.53. The molecule has 1 saturated heterocycles. The van der Waals surface area contributed by atoms with Gasteiger partial charge in [0.05, 0.1) is 6.61 Å². The van der Waals surface area contributed by atoms with Crippen LogP contribution in [0.3, 0.4) is 0 Å². The predicted octanol–water partition coefficient (Wildman–Crippen LogP) is 0.610. The van der Waals surface area contributed by atoms with E-state index in [1.165, 1.54) is 0 Å². The lowest BCUT2D eigenvalue weighted by molar-refractivity contribution is -0.170. The molecule has 0 bridgehead atoms. The van der Waals surface area contributed by atoms with Gasteiger partial charge in [-0.15, -0.1) is 0 Å². The summed E-state index contributed by atoms with van der Waals surface area (Å²) < 4.78 is 4.93. The Kier molecular flexibility index (Phi) is 1.12. The van der Waals surface area contributed by atoms with Gasteiger partial charge in [0.2, 0.25) is 0 Å². The number of ether oxygens (including phenoxy) is 1. The van der Waals surface area contributed by atoms with Crippen molar-refractivity contribution in [2.75, 3.05) is 6.61 Å². The smallest absolute Gasteiger partial charge is 0.149 e. The molecular weight excluding hydrogens is 104 g/mol. The van der Waals surface area contributed by atoms with Crippen LogP contribution >= 0.6 is 0 Å². The fourth-order valence-corrected chi connectivity index (χ4v) is 0.736. The molecule has 0 spiro atoms. The van der Waals surface area contributed by atoms with Gasteiger partial charge in [-0.25, -0.2) is 0 Å². The first kappa shape index (κ1) is 5.76. The molecule has 1 atom stereocenters. The maximum atomic E-state index is 10.1. The summed E-state index contributed by atoms with van der Waals surface area (Å²) >= 11 is 0. The molecule has 1 aliphatic heterocycles. The summed E-state index contributed by atoms with van der Waals surface area (Å²) in [5, 5.41) is 0. The fourth-order valence-electron chi connectivity index (χ4n) is 0.736. The van der Waals surface area contributed by atoms with Crippen LogP contribution in [0.4, 0.5) is 0 Å². The third-order valence-electron chi connectivity index (χ3n) is 1.53. The van der Waals surface area contributed by atoms with Crippen molar-refractivity contribution in [1.29, 1.82) is 0 Å². The van der Waals surface area contributed by atoms with E-state index in [-0.39, 0.29) is 11.5 Å². The van der Waals surface area contributed by atoms with Gasteiger partial charge in [-0.3, -0.25) is 0 Å². The highest BCUT2D eigenvalue weighted by Crippen LogP contribution is 2.31. The highest BCUT2D eigenvalue weighted by Gasteiger charge is 2.39. The average molecular weight is 114 g/mol. The summed E-state index contributed by atoms with van der Waals surface area (Å²) in [7, 11) is 0. The van der Waals surface area contributed by atoms with Gasteiger partial charge in [-0.1, -0.05) is 13.8 Å². The van der Waals surface area contributed by atoms with E-state index in [1.54, 1.807) is 0 Å². The maximum absolute atomic E-state index is 10.1. The first-order chi connectivity index (χ1) is 3.67. The van der Waals surface area contributed by atoms with E-state index in [9.17, 15) is 4.79 Å². The van der Waals surface area contributed by atoms with Crippen LogP contribution in [0.2, 0.25) is 0 Å². The van der Waals surface area contributed by atoms with E-state index >= 15 is 0 Å². The molecule has 0 aromatic heterocycles. The van der Waals surface area contributed by atoms with Crippen LogP contribution < -0.4 is 0 Å². The van der Waals surface area contributed by atoms with Crippen molar-refractivity contribution < 1.29 is 9.53 Å². The Morgan fingerprint density at radius 1 is 1.75 bits per heavy atom. The van der Waals surface area contributed by atoms with Crippen molar-refractivity contribution in [3.05, 3.63) is 0 Å². The monoisotopic (exact) mass is 114 g/mol. The summed E-state index contributed by atoms with van der Waals surface area (Å²) in [6.45, 7) is 4.77. The minimum atomic E-state index is -0.150. The second-order valence-electron chi connectivity index (χ2n) is 2.86. The van der Waals surface area contributed by atoms with Crippen LogP contribution in [-0.2, 0) is 9.53 Å². The molecule has 0 radical (unpaired) electrons. The Hall–Kier alpha value is -0.370. The molecule has 2 heteroatoms. The van der Waals surface area contributed by atoms with Crippen molar-refractivity contribution in [3.8, 4) is 0 Å². The van der Waals surface area contributed by atoms with Crippen LogP contribution in [0, 0.1) is 5.41 Å². The quantitative estimate of drug-likeness (QED) is 0.467. The number of rotatable bonds is 1. The molecule has 8 heavy (non-hydrogen) atoms. The predicted molar refractivity (Wildman–Crippen MR) is 29.6 cm³/mol. The van der Waals surface area contributed by atoms with Gasteiger partial charge in [-0.2, -0.15) is 0 Å². The van der Waals surface area contributed by atoms with E-state index in [2.05, 4.69) is 0 Å². The van der Waals surface area contributed by atoms with Crippen LogP contribution in [0.1, 0.15) is 13.8 Å². The van der Waals surface area contributed by atoms with Crippen molar-refractivity contribution in [2.24, 2.45) is 5.41 Å². The number of carbonyl (C=O) groups is 1. The summed E-state index contributed by atoms with van der Waals surface area (Å²) in [6, 6.07) is 0. The van der Waals surface area contributed by atoms with Crippen molar-refractivity contribution in [2.45, 2.75) is 20.0 Å². The van der Waals surface area contributed by atoms with Gasteiger partial charge in [0, 0.05) is 5.41 Å². The molecular formula is C6H10O2. The lowest BCUT2D eigenvalue weighted by Crippen LogP contribution is -2.48. The van der Waals surface area contributed by atoms with Gasteiger partial charge < -0.3 is 9.53 Å². The highest BCUT2D eigenvalue weighted by molar-refractivity contribution is 5.58. The molecule has 1 fully saturated rings. The lowest BCUT2D eigenvalue weighted by Gasteiger charge is -2.40. The first-order valence-electron chi connectivity index (χ1n) is 2.74. The van der Waals surface area contributed by atoms with Gasteiger partial charge in [0.25, 0.3) is 0 Å². The minimum Gasteiger partial charge on any atom is -0.369 e. The summed E-state index contributed by atoms with van der Waals surface area (Å²) in [4.78, 5) is 10.1. The molecule has 0 aromatic carbocycles. The number of carbonyl (C=O) groups excluding carboxylic acids is 1. The molecule has 1 heterocycles. The van der Waals surface area contributed by atoms with Crippen LogP contribution in [0.15, 0.2) is 0 Å².